The highest BCUT2D eigenvalue weighted by molar-refractivity contribution is 6.01. The molecule has 0 aromatic heterocycles. The van der Waals surface area contributed by atoms with Crippen molar-refractivity contribution >= 4 is 11.8 Å². The molecule has 4 nitrogen and oxygen atoms in total. The monoisotopic (exact) mass is 227 g/mol. The molecule has 0 heterocycles. The van der Waals surface area contributed by atoms with Crippen molar-refractivity contribution in [3.05, 3.63) is 0 Å². The number of nitrogens with one attached hydrogen (secondary N) is 1. The third-order valence-electron chi connectivity index (χ3n) is 3.33. The summed E-state index contributed by atoms with van der Waals surface area (Å²) < 4.78 is 0. The zero-order chi connectivity index (χ0) is 12.4. The summed E-state index contributed by atoms with van der Waals surface area (Å²) in [5, 5.41) is 12.2. The molecule has 0 aromatic rings. The number of amides is 2. The lowest BCUT2D eigenvalue weighted by molar-refractivity contribution is -0.138. The van der Waals surface area contributed by atoms with E-state index in [0.717, 1.165) is 19.3 Å². The molecule has 1 rings (SSSR count). The Hall–Kier alpha value is -0.900. The van der Waals surface area contributed by atoms with Crippen LogP contribution < -0.4 is 5.32 Å². The smallest absolute Gasteiger partial charge is 0.259 e. The molecule has 1 fully saturated rings. The molecule has 0 saturated heterocycles. The van der Waals surface area contributed by atoms with Gasteiger partial charge in [0.05, 0.1) is 0 Å². The van der Waals surface area contributed by atoms with Crippen LogP contribution in [-0.4, -0.2) is 22.5 Å². The summed E-state index contributed by atoms with van der Waals surface area (Å²) in [4.78, 5) is 23.0. The van der Waals surface area contributed by atoms with E-state index in [-0.39, 0.29) is 5.91 Å². The molecular weight excluding hydrogens is 206 g/mol. The Morgan fingerprint density at radius 2 is 1.88 bits per heavy atom. The molecule has 0 radical (unpaired) electrons. The second-order valence-electron chi connectivity index (χ2n) is 5.26. The molecule has 1 aliphatic carbocycles. The van der Waals surface area contributed by atoms with E-state index in [1.807, 2.05) is 13.8 Å². The molecule has 0 aliphatic heterocycles. The topological polar surface area (TPSA) is 66.4 Å². The van der Waals surface area contributed by atoms with E-state index in [0.29, 0.717) is 12.8 Å². The number of hydrogen-bond acceptors (Lipinski definition) is 3. The van der Waals surface area contributed by atoms with Gasteiger partial charge in [-0.25, -0.2) is 0 Å². The molecule has 2 amide bonds. The molecule has 1 unspecified atom stereocenters. The summed E-state index contributed by atoms with van der Waals surface area (Å²) in [7, 11) is 0. The first kappa shape index (κ1) is 13.2. The van der Waals surface area contributed by atoms with Crippen LogP contribution in [0.15, 0.2) is 0 Å². The van der Waals surface area contributed by atoms with Gasteiger partial charge >= 0.3 is 0 Å². The van der Waals surface area contributed by atoms with Crippen molar-refractivity contribution in [2.75, 3.05) is 0 Å². The van der Waals surface area contributed by atoms with Gasteiger partial charge in [-0.1, -0.05) is 33.6 Å². The van der Waals surface area contributed by atoms with E-state index in [2.05, 4.69) is 12.2 Å². The van der Waals surface area contributed by atoms with Crippen LogP contribution in [0.25, 0.3) is 0 Å². The summed E-state index contributed by atoms with van der Waals surface area (Å²) >= 11 is 0. The standard InChI is InChI=1S/C12H21NO3/c1-4-5-6-7-9(14)13-10(15)12(16)8-11(12,2)3/h16H,4-8H2,1-3H3,(H,13,14,15). The quantitative estimate of drug-likeness (QED) is 0.697. The Morgan fingerprint density at radius 3 is 2.31 bits per heavy atom. The largest absolute Gasteiger partial charge is 0.379 e. The van der Waals surface area contributed by atoms with Gasteiger partial charge in [0.2, 0.25) is 5.91 Å². The van der Waals surface area contributed by atoms with E-state index in [4.69, 9.17) is 0 Å². The van der Waals surface area contributed by atoms with Crippen LogP contribution in [0, 0.1) is 5.41 Å². The van der Waals surface area contributed by atoms with Gasteiger partial charge in [0.15, 0.2) is 0 Å². The van der Waals surface area contributed by atoms with Crippen molar-refractivity contribution in [1.82, 2.24) is 5.32 Å². The molecule has 2 N–H and O–H groups in total. The normalized spacial score (nSPS) is 26.2. The van der Waals surface area contributed by atoms with Crippen molar-refractivity contribution in [2.45, 2.75) is 58.5 Å². The summed E-state index contributed by atoms with van der Waals surface area (Å²) in [6.07, 6.45) is 3.59. The van der Waals surface area contributed by atoms with Crippen LogP contribution in [0.3, 0.4) is 0 Å². The van der Waals surface area contributed by atoms with Crippen molar-refractivity contribution in [1.29, 1.82) is 0 Å². The lowest BCUT2D eigenvalue weighted by atomic mass is 10.1. The van der Waals surface area contributed by atoms with Gasteiger partial charge < -0.3 is 5.11 Å². The molecule has 4 heteroatoms. The second-order valence-corrected chi connectivity index (χ2v) is 5.26. The number of unbranched alkanes of at least 4 members (excludes halogenated alkanes) is 2. The zero-order valence-electron chi connectivity index (χ0n) is 10.3. The molecular formula is C12H21NO3. The first-order valence-corrected chi connectivity index (χ1v) is 5.90. The van der Waals surface area contributed by atoms with Crippen LogP contribution in [0.1, 0.15) is 52.9 Å². The number of carbonyl (C=O) groups excluding carboxylic acids is 2. The van der Waals surface area contributed by atoms with Gasteiger partial charge in [-0.2, -0.15) is 0 Å². The molecule has 16 heavy (non-hydrogen) atoms. The fraction of sp³-hybridized carbons (Fsp3) is 0.833. The number of carbonyl (C=O) groups is 2. The van der Waals surface area contributed by atoms with Gasteiger partial charge in [-0.3, -0.25) is 14.9 Å². The number of hydrogen-bond donors (Lipinski definition) is 2. The van der Waals surface area contributed by atoms with E-state index >= 15 is 0 Å². The van der Waals surface area contributed by atoms with Gasteiger partial charge in [-0.05, 0) is 12.8 Å². The van der Waals surface area contributed by atoms with Crippen LogP contribution in [0.4, 0.5) is 0 Å². The van der Waals surface area contributed by atoms with Crippen molar-refractivity contribution in [2.24, 2.45) is 5.41 Å². The van der Waals surface area contributed by atoms with E-state index < -0.39 is 16.9 Å². The number of rotatable bonds is 5. The first-order chi connectivity index (χ1) is 7.33. The van der Waals surface area contributed by atoms with Gasteiger partial charge in [0.25, 0.3) is 5.91 Å². The lowest BCUT2D eigenvalue weighted by Gasteiger charge is -2.12. The van der Waals surface area contributed by atoms with Gasteiger partial charge in [0, 0.05) is 11.8 Å². The Bertz CT molecular complexity index is 299. The molecule has 92 valence electrons. The van der Waals surface area contributed by atoms with E-state index in [1.165, 1.54) is 0 Å². The zero-order valence-corrected chi connectivity index (χ0v) is 10.3. The molecule has 0 bridgehead atoms. The highest BCUT2D eigenvalue weighted by Crippen LogP contribution is 2.55. The maximum absolute atomic E-state index is 11.6. The van der Waals surface area contributed by atoms with Gasteiger partial charge in [-0.15, -0.1) is 0 Å². The highest BCUT2D eigenvalue weighted by atomic mass is 16.3. The maximum atomic E-state index is 11.6. The number of imide groups is 1. The molecule has 1 saturated carbocycles. The Balaban J connectivity index is 2.33. The van der Waals surface area contributed by atoms with Crippen LogP contribution in [0.5, 0.6) is 0 Å². The predicted molar refractivity (Wildman–Crippen MR) is 60.6 cm³/mol. The fourth-order valence-electron chi connectivity index (χ4n) is 1.81. The first-order valence-electron chi connectivity index (χ1n) is 5.90. The SMILES string of the molecule is CCCCCC(=O)NC(=O)C1(O)CC1(C)C. The third-order valence-corrected chi connectivity index (χ3v) is 3.33. The lowest BCUT2D eigenvalue weighted by Crippen LogP contribution is -2.42. The summed E-state index contributed by atoms with van der Waals surface area (Å²) in [5.41, 5.74) is -1.74. The maximum Gasteiger partial charge on any atom is 0.259 e. The van der Waals surface area contributed by atoms with Crippen molar-refractivity contribution < 1.29 is 14.7 Å². The predicted octanol–water partition coefficient (Wildman–Crippen LogP) is 1.37. The Morgan fingerprint density at radius 1 is 1.31 bits per heavy atom. The molecule has 1 aliphatic rings. The van der Waals surface area contributed by atoms with E-state index in [1.54, 1.807) is 0 Å². The summed E-state index contributed by atoms with van der Waals surface area (Å²) in [5.74, 6) is -0.825. The Kier molecular flexibility index (Phi) is 3.73. The van der Waals surface area contributed by atoms with Crippen molar-refractivity contribution in [3.63, 3.8) is 0 Å². The van der Waals surface area contributed by atoms with Crippen LogP contribution >= 0.6 is 0 Å². The van der Waals surface area contributed by atoms with E-state index in [9.17, 15) is 14.7 Å². The summed E-state index contributed by atoms with van der Waals surface area (Å²) in [6.45, 7) is 5.68. The minimum atomic E-state index is -1.34. The van der Waals surface area contributed by atoms with Crippen LogP contribution in [-0.2, 0) is 9.59 Å². The molecule has 0 aromatic carbocycles. The highest BCUT2D eigenvalue weighted by Gasteiger charge is 2.65. The van der Waals surface area contributed by atoms with Crippen molar-refractivity contribution in [3.8, 4) is 0 Å². The molecule has 0 spiro atoms. The average molecular weight is 227 g/mol. The minimum Gasteiger partial charge on any atom is -0.379 e. The third kappa shape index (κ3) is 2.61. The Labute approximate surface area is 96.4 Å². The summed E-state index contributed by atoms with van der Waals surface area (Å²) in [6, 6.07) is 0. The average Bonchev–Trinajstić information content (AvgIpc) is 2.68. The molecule has 1 atom stereocenters. The number of aliphatic hydroxyl groups is 1. The van der Waals surface area contributed by atoms with Gasteiger partial charge in [0.1, 0.15) is 5.60 Å². The van der Waals surface area contributed by atoms with Crippen LogP contribution in [0.2, 0.25) is 0 Å². The second kappa shape index (κ2) is 4.53. The minimum absolute atomic E-state index is 0.283. The fourth-order valence-corrected chi connectivity index (χ4v) is 1.81.